The van der Waals surface area contributed by atoms with Crippen LogP contribution in [0.4, 0.5) is 0 Å². The molecule has 0 bridgehead atoms. The van der Waals surface area contributed by atoms with Crippen molar-refractivity contribution in [3.8, 4) is 0 Å². The second-order valence-corrected chi connectivity index (χ2v) is 5.49. The number of rotatable bonds is 5. The quantitative estimate of drug-likeness (QED) is 0.612. The highest BCUT2D eigenvalue weighted by molar-refractivity contribution is 5.94. The van der Waals surface area contributed by atoms with Crippen LogP contribution in [0.3, 0.4) is 0 Å². The van der Waals surface area contributed by atoms with E-state index < -0.39 is 0 Å². The summed E-state index contributed by atoms with van der Waals surface area (Å²) in [6.45, 7) is 3.82. The maximum atomic E-state index is 11.8. The first-order valence-electron chi connectivity index (χ1n) is 6.04. The number of benzene rings is 1. The van der Waals surface area contributed by atoms with Crippen LogP contribution in [-0.2, 0) is 0 Å². The molecular formula is C14H23N2O+. The zero-order chi connectivity index (χ0) is 12.9. The van der Waals surface area contributed by atoms with Crippen molar-refractivity contribution >= 4 is 5.91 Å². The van der Waals surface area contributed by atoms with Gasteiger partial charge in [0.25, 0.3) is 5.91 Å². The fourth-order valence-electron chi connectivity index (χ4n) is 1.56. The molecule has 0 fully saturated rings. The van der Waals surface area contributed by atoms with Crippen molar-refractivity contribution in [1.82, 2.24) is 5.32 Å². The Morgan fingerprint density at radius 1 is 1.18 bits per heavy atom. The summed E-state index contributed by atoms with van der Waals surface area (Å²) in [7, 11) is 6.46. The zero-order valence-electron chi connectivity index (χ0n) is 11.3. The average Bonchev–Trinajstić information content (AvgIpc) is 2.24. The van der Waals surface area contributed by atoms with Gasteiger partial charge < -0.3 is 9.80 Å². The minimum atomic E-state index is 0.0198. The first-order valence-corrected chi connectivity index (χ1v) is 6.04. The smallest absolute Gasteiger partial charge is 0.251 e. The van der Waals surface area contributed by atoms with E-state index in [1.54, 1.807) is 0 Å². The standard InChI is InChI=1S/C14H22N2O/c1-12-6-8-13(9-7-12)14(17)15-10-5-11-16(2,3)4/h6-9H,5,10-11H2,1-4H3/p+1. The van der Waals surface area contributed by atoms with Crippen molar-refractivity contribution in [3.63, 3.8) is 0 Å². The van der Waals surface area contributed by atoms with Crippen LogP contribution in [0.15, 0.2) is 24.3 Å². The molecule has 3 heteroatoms. The monoisotopic (exact) mass is 235 g/mol. The lowest BCUT2D eigenvalue weighted by Crippen LogP contribution is -2.37. The zero-order valence-corrected chi connectivity index (χ0v) is 11.3. The Kier molecular flexibility index (Phi) is 4.70. The normalized spacial score (nSPS) is 11.3. The lowest BCUT2D eigenvalue weighted by atomic mass is 10.1. The molecule has 94 valence electrons. The summed E-state index contributed by atoms with van der Waals surface area (Å²) in [5, 5.41) is 2.94. The molecule has 0 radical (unpaired) electrons. The van der Waals surface area contributed by atoms with Crippen LogP contribution in [0.25, 0.3) is 0 Å². The Hall–Kier alpha value is -1.35. The van der Waals surface area contributed by atoms with E-state index >= 15 is 0 Å². The third-order valence-electron chi connectivity index (χ3n) is 2.61. The van der Waals surface area contributed by atoms with Gasteiger partial charge in [0.15, 0.2) is 0 Å². The average molecular weight is 235 g/mol. The molecule has 0 aliphatic rings. The number of carbonyl (C=O) groups is 1. The molecule has 1 aromatic carbocycles. The highest BCUT2D eigenvalue weighted by Crippen LogP contribution is 2.02. The number of nitrogens with one attached hydrogen (secondary N) is 1. The van der Waals surface area contributed by atoms with Crippen LogP contribution in [0, 0.1) is 6.92 Å². The Balaban J connectivity index is 2.33. The Labute approximate surface area is 104 Å². The van der Waals surface area contributed by atoms with Crippen LogP contribution in [-0.4, -0.2) is 44.6 Å². The lowest BCUT2D eigenvalue weighted by Gasteiger charge is -2.23. The number of hydrogen-bond acceptors (Lipinski definition) is 1. The maximum absolute atomic E-state index is 11.8. The molecular weight excluding hydrogens is 212 g/mol. The molecule has 0 aliphatic heterocycles. The molecule has 1 aromatic rings. The van der Waals surface area contributed by atoms with Gasteiger partial charge in [0.2, 0.25) is 0 Å². The molecule has 0 spiro atoms. The molecule has 1 amide bonds. The second kappa shape index (κ2) is 5.82. The van der Waals surface area contributed by atoms with Gasteiger partial charge in [-0.2, -0.15) is 0 Å². The van der Waals surface area contributed by atoms with Gasteiger partial charge in [-0.15, -0.1) is 0 Å². The Morgan fingerprint density at radius 3 is 2.29 bits per heavy atom. The van der Waals surface area contributed by atoms with Crippen LogP contribution < -0.4 is 5.32 Å². The third kappa shape index (κ3) is 5.50. The molecule has 0 saturated heterocycles. The van der Waals surface area contributed by atoms with E-state index in [-0.39, 0.29) is 5.91 Å². The SMILES string of the molecule is Cc1ccc(C(=O)NCCC[N+](C)(C)C)cc1. The first kappa shape index (κ1) is 13.7. The van der Waals surface area contributed by atoms with Gasteiger partial charge in [-0.25, -0.2) is 0 Å². The first-order chi connectivity index (χ1) is 7.88. The highest BCUT2D eigenvalue weighted by Gasteiger charge is 2.07. The molecule has 0 saturated carbocycles. The van der Waals surface area contributed by atoms with E-state index in [9.17, 15) is 4.79 Å². The van der Waals surface area contributed by atoms with Gasteiger partial charge >= 0.3 is 0 Å². The number of hydrogen-bond donors (Lipinski definition) is 1. The number of amides is 1. The number of nitrogens with zero attached hydrogens (tertiary/aromatic N) is 1. The van der Waals surface area contributed by atoms with Crippen LogP contribution in [0.2, 0.25) is 0 Å². The van der Waals surface area contributed by atoms with Crippen LogP contribution >= 0.6 is 0 Å². The fraction of sp³-hybridized carbons (Fsp3) is 0.500. The van der Waals surface area contributed by atoms with Crippen LogP contribution in [0.1, 0.15) is 22.3 Å². The number of aryl methyl sites for hydroxylation is 1. The second-order valence-electron chi connectivity index (χ2n) is 5.49. The van der Waals surface area contributed by atoms with Crippen molar-refractivity contribution in [2.45, 2.75) is 13.3 Å². The maximum Gasteiger partial charge on any atom is 0.251 e. The van der Waals surface area contributed by atoms with Gasteiger partial charge in [-0.05, 0) is 19.1 Å². The Bertz CT molecular complexity index is 363. The van der Waals surface area contributed by atoms with E-state index in [0.717, 1.165) is 29.6 Å². The van der Waals surface area contributed by atoms with Crippen LogP contribution in [0.5, 0.6) is 0 Å². The van der Waals surface area contributed by atoms with E-state index in [1.165, 1.54) is 5.56 Å². The van der Waals surface area contributed by atoms with E-state index in [0.29, 0.717) is 0 Å². The van der Waals surface area contributed by atoms with Gasteiger partial charge in [-0.3, -0.25) is 4.79 Å². The third-order valence-corrected chi connectivity index (χ3v) is 2.61. The molecule has 1 N–H and O–H groups in total. The molecule has 3 nitrogen and oxygen atoms in total. The summed E-state index contributed by atoms with van der Waals surface area (Å²) in [6, 6.07) is 7.65. The van der Waals surface area contributed by atoms with E-state index in [2.05, 4.69) is 26.5 Å². The number of carbonyl (C=O) groups excluding carboxylic acids is 1. The largest absolute Gasteiger partial charge is 0.352 e. The summed E-state index contributed by atoms with van der Waals surface area (Å²) in [4.78, 5) is 11.8. The molecule has 17 heavy (non-hydrogen) atoms. The van der Waals surface area contributed by atoms with Crippen molar-refractivity contribution in [3.05, 3.63) is 35.4 Å². The predicted octanol–water partition coefficient (Wildman–Crippen LogP) is 1.82. The summed E-state index contributed by atoms with van der Waals surface area (Å²) in [6.07, 6.45) is 1.00. The minimum absolute atomic E-state index is 0.0198. The summed E-state index contributed by atoms with van der Waals surface area (Å²) in [5.41, 5.74) is 1.91. The van der Waals surface area contributed by atoms with E-state index in [4.69, 9.17) is 0 Å². The topological polar surface area (TPSA) is 29.1 Å². The van der Waals surface area contributed by atoms with Crippen molar-refractivity contribution in [2.75, 3.05) is 34.2 Å². The molecule has 0 atom stereocenters. The van der Waals surface area contributed by atoms with Crippen molar-refractivity contribution < 1.29 is 9.28 Å². The predicted molar refractivity (Wildman–Crippen MR) is 71.0 cm³/mol. The number of quaternary nitrogens is 1. The highest BCUT2D eigenvalue weighted by atomic mass is 16.1. The van der Waals surface area contributed by atoms with Crippen molar-refractivity contribution in [2.24, 2.45) is 0 Å². The van der Waals surface area contributed by atoms with Gasteiger partial charge in [0.1, 0.15) is 0 Å². The van der Waals surface area contributed by atoms with E-state index in [1.807, 2.05) is 31.2 Å². The molecule has 0 aliphatic carbocycles. The Morgan fingerprint density at radius 2 is 1.76 bits per heavy atom. The summed E-state index contributed by atoms with van der Waals surface area (Å²) >= 11 is 0. The van der Waals surface area contributed by atoms with Gasteiger partial charge in [0.05, 0.1) is 27.7 Å². The summed E-state index contributed by atoms with van der Waals surface area (Å²) < 4.78 is 0.931. The summed E-state index contributed by atoms with van der Waals surface area (Å²) in [5.74, 6) is 0.0198. The van der Waals surface area contributed by atoms with Gasteiger partial charge in [-0.1, -0.05) is 17.7 Å². The van der Waals surface area contributed by atoms with Crippen molar-refractivity contribution in [1.29, 1.82) is 0 Å². The molecule has 1 rings (SSSR count). The fourth-order valence-corrected chi connectivity index (χ4v) is 1.56. The molecule has 0 aromatic heterocycles. The minimum Gasteiger partial charge on any atom is -0.352 e. The van der Waals surface area contributed by atoms with Gasteiger partial charge in [0, 0.05) is 18.5 Å². The molecule has 0 unspecified atom stereocenters. The molecule has 0 heterocycles. The lowest BCUT2D eigenvalue weighted by molar-refractivity contribution is -0.870.